The number of carbonyl (C=O) groups is 2. The van der Waals surface area contributed by atoms with Gasteiger partial charge in [-0.25, -0.2) is 0 Å². The molecule has 1 aromatic rings. The van der Waals surface area contributed by atoms with Crippen LogP contribution in [-0.4, -0.2) is 67.4 Å². The van der Waals surface area contributed by atoms with E-state index in [-0.39, 0.29) is 30.3 Å². The van der Waals surface area contributed by atoms with Crippen LogP contribution in [0.2, 0.25) is 0 Å². The normalized spacial score (nSPS) is 22.0. The molecule has 0 spiro atoms. The second kappa shape index (κ2) is 11.5. The first-order valence-electron chi connectivity index (χ1n) is 10.5. The van der Waals surface area contributed by atoms with Gasteiger partial charge in [-0.3, -0.25) is 14.5 Å². The van der Waals surface area contributed by atoms with E-state index in [0.29, 0.717) is 25.6 Å². The average molecular weight is 423 g/mol. The van der Waals surface area contributed by atoms with Crippen LogP contribution in [-0.2, 0) is 16.1 Å². The summed E-state index contributed by atoms with van der Waals surface area (Å²) in [5, 5.41) is 6.35. The van der Waals surface area contributed by atoms with Crippen molar-refractivity contribution in [1.29, 1.82) is 0 Å². The van der Waals surface area contributed by atoms with Crippen molar-refractivity contribution < 1.29 is 9.59 Å². The Morgan fingerprint density at radius 3 is 2.76 bits per heavy atom. The van der Waals surface area contributed by atoms with Crippen molar-refractivity contribution in [2.75, 3.05) is 39.8 Å². The molecule has 2 aliphatic heterocycles. The van der Waals surface area contributed by atoms with Crippen molar-refractivity contribution in [3.63, 3.8) is 0 Å². The number of likely N-dealkylation sites (tertiary alicyclic amines) is 1. The standard InChI is InChI=1S/C22H34N4O2.ClH/c1-17-7-3-4-9-19(17)15-25(2)21(27)16-26-12-6-8-18(14-26)13-24-22(28)20-10-5-11-23-20;/h3-4,7,9,18,20,23H,5-6,8,10-16H2,1-2H3,(H,24,28);1H. The van der Waals surface area contributed by atoms with Gasteiger partial charge in [0.05, 0.1) is 12.6 Å². The number of rotatable bonds is 7. The molecule has 2 atom stereocenters. The summed E-state index contributed by atoms with van der Waals surface area (Å²) in [6.07, 6.45) is 4.21. The summed E-state index contributed by atoms with van der Waals surface area (Å²) in [5.41, 5.74) is 2.41. The lowest BCUT2D eigenvalue weighted by atomic mass is 9.97. The van der Waals surface area contributed by atoms with Crippen LogP contribution < -0.4 is 10.6 Å². The summed E-state index contributed by atoms with van der Waals surface area (Å²) in [4.78, 5) is 28.9. The zero-order valence-corrected chi connectivity index (χ0v) is 18.5. The molecule has 29 heavy (non-hydrogen) atoms. The van der Waals surface area contributed by atoms with Gasteiger partial charge in [0.25, 0.3) is 0 Å². The van der Waals surface area contributed by atoms with E-state index in [4.69, 9.17) is 0 Å². The number of likely N-dealkylation sites (N-methyl/N-ethyl adjacent to an activating group) is 1. The minimum atomic E-state index is -0.0173. The maximum absolute atomic E-state index is 12.7. The number of carbonyl (C=O) groups excluding carboxylic acids is 2. The fourth-order valence-electron chi connectivity index (χ4n) is 4.18. The molecular weight excluding hydrogens is 388 g/mol. The van der Waals surface area contributed by atoms with Gasteiger partial charge in [0.2, 0.25) is 11.8 Å². The Kier molecular flexibility index (Phi) is 9.40. The summed E-state index contributed by atoms with van der Waals surface area (Å²) in [5.74, 6) is 0.709. The van der Waals surface area contributed by atoms with Crippen molar-refractivity contribution in [3.05, 3.63) is 35.4 Å². The zero-order valence-electron chi connectivity index (χ0n) is 17.7. The van der Waals surface area contributed by atoms with Gasteiger partial charge >= 0.3 is 0 Å². The Morgan fingerprint density at radius 1 is 1.24 bits per heavy atom. The molecule has 2 saturated heterocycles. The second-order valence-corrected chi connectivity index (χ2v) is 8.31. The van der Waals surface area contributed by atoms with Crippen LogP contribution in [0.4, 0.5) is 0 Å². The third kappa shape index (κ3) is 6.98. The maximum atomic E-state index is 12.7. The smallest absolute Gasteiger partial charge is 0.237 e. The van der Waals surface area contributed by atoms with E-state index in [1.165, 1.54) is 11.1 Å². The third-order valence-corrected chi connectivity index (χ3v) is 6.00. The van der Waals surface area contributed by atoms with E-state index in [0.717, 1.165) is 45.3 Å². The van der Waals surface area contributed by atoms with Gasteiger partial charge in [-0.05, 0) is 62.7 Å². The van der Waals surface area contributed by atoms with E-state index in [1.54, 1.807) is 0 Å². The number of hydrogen-bond acceptors (Lipinski definition) is 4. The minimum absolute atomic E-state index is 0. The van der Waals surface area contributed by atoms with Crippen molar-refractivity contribution in [1.82, 2.24) is 20.4 Å². The molecule has 1 aromatic carbocycles. The number of benzene rings is 1. The van der Waals surface area contributed by atoms with Crippen LogP contribution in [0.1, 0.15) is 36.8 Å². The lowest BCUT2D eigenvalue weighted by molar-refractivity contribution is -0.132. The topological polar surface area (TPSA) is 64.7 Å². The largest absolute Gasteiger partial charge is 0.354 e. The molecule has 2 amide bonds. The molecular formula is C22H35ClN4O2. The van der Waals surface area contributed by atoms with Crippen molar-refractivity contribution in [2.45, 2.75) is 45.2 Å². The molecule has 0 radical (unpaired) electrons. The average Bonchev–Trinajstić information content (AvgIpc) is 3.23. The zero-order chi connectivity index (χ0) is 19.9. The van der Waals surface area contributed by atoms with Gasteiger partial charge in [-0.1, -0.05) is 24.3 Å². The van der Waals surface area contributed by atoms with E-state index >= 15 is 0 Å². The first-order valence-corrected chi connectivity index (χ1v) is 10.5. The molecule has 0 aliphatic carbocycles. The predicted octanol–water partition coefficient (Wildman–Crippen LogP) is 1.96. The number of piperidine rings is 1. The molecule has 162 valence electrons. The Hall–Kier alpha value is -1.63. The van der Waals surface area contributed by atoms with Gasteiger partial charge in [0.15, 0.2) is 0 Å². The Labute approximate surface area is 180 Å². The van der Waals surface area contributed by atoms with Crippen LogP contribution in [0, 0.1) is 12.8 Å². The van der Waals surface area contributed by atoms with Gasteiger partial charge in [-0.2, -0.15) is 0 Å². The van der Waals surface area contributed by atoms with E-state index < -0.39 is 0 Å². The van der Waals surface area contributed by atoms with E-state index in [9.17, 15) is 9.59 Å². The summed E-state index contributed by atoms with van der Waals surface area (Å²) in [6, 6.07) is 8.19. The second-order valence-electron chi connectivity index (χ2n) is 8.31. The SMILES string of the molecule is Cc1ccccc1CN(C)C(=O)CN1CCCC(CNC(=O)C2CCCN2)C1.Cl. The van der Waals surface area contributed by atoms with Crippen LogP contribution >= 0.6 is 12.4 Å². The fraction of sp³-hybridized carbons (Fsp3) is 0.636. The monoisotopic (exact) mass is 422 g/mol. The van der Waals surface area contributed by atoms with Crippen LogP contribution in [0.15, 0.2) is 24.3 Å². The van der Waals surface area contributed by atoms with Crippen LogP contribution in [0.5, 0.6) is 0 Å². The molecule has 3 rings (SSSR count). The summed E-state index contributed by atoms with van der Waals surface area (Å²) >= 11 is 0. The van der Waals surface area contributed by atoms with Crippen LogP contribution in [0.3, 0.4) is 0 Å². The lowest BCUT2D eigenvalue weighted by Gasteiger charge is -2.33. The Bertz CT molecular complexity index is 679. The van der Waals surface area contributed by atoms with Crippen molar-refractivity contribution >= 4 is 24.2 Å². The Morgan fingerprint density at radius 2 is 2.03 bits per heavy atom. The maximum Gasteiger partial charge on any atom is 0.237 e. The van der Waals surface area contributed by atoms with E-state index in [2.05, 4.69) is 34.6 Å². The summed E-state index contributed by atoms with van der Waals surface area (Å²) in [7, 11) is 1.88. The number of aryl methyl sites for hydroxylation is 1. The molecule has 2 fully saturated rings. The third-order valence-electron chi connectivity index (χ3n) is 6.00. The number of nitrogens with one attached hydrogen (secondary N) is 2. The molecule has 0 aromatic heterocycles. The highest BCUT2D eigenvalue weighted by Gasteiger charge is 2.26. The summed E-state index contributed by atoms with van der Waals surface area (Å²) in [6.45, 7) is 6.66. The molecule has 2 aliphatic rings. The summed E-state index contributed by atoms with van der Waals surface area (Å²) < 4.78 is 0. The lowest BCUT2D eigenvalue weighted by Crippen LogP contribution is -2.47. The quantitative estimate of drug-likeness (QED) is 0.705. The number of halogens is 1. The van der Waals surface area contributed by atoms with Crippen LogP contribution in [0.25, 0.3) is 0 Å². The molecule has 2 heterocycles. The Balaban J connectivity index is 0.00000300. The first-order chi connectivity index (χ1) is 13.5. The molecule has 6 nitrogen and oxygen atoms in total. The number of amides is 2. The highest BCUT2D eigenvalue weighted by atomic mass is 35.5. The number of nitrogens with zero attached hydrogens (tertiary/aromatic N) is 2. The van der Waals surface area contributed by atoms with Gasteiger partial charge in [0.1, 0.15) is 0 Å². The fourth-order valence-corrected chi connectivity index (χ4v) is 4.18. The van der Waals surface area contributed by atoms with Gasteiger partial charge in [0, 0.05) is 26.7 Å². The molecule has 2 unspecified atom stereocenters. The first kappa shape index (κ1) is 23.6. The number of hydrogen-bond donors (Lipinski definition) is 2. The van der Waals surface area contributed by atoms with Crippen molar-refractivity contribution in [2.24, 2.45) is 5.92 Å². The highest BCUT2D eigenvalue weighted by Crippen LogP contribution is 2.17. The minimum Gasteiger partial charge on any atom is -0.354 e. The van der Waals surface area contributed by atoms with Crippen molar-refractivity contribution in [3.8, 4) is 0 Å². The highest BCUT2D eigenvalue weighted by molar-refractivity contribution is 5.85. The molecule has 2 N–H and O–H groups in total. The predicted molar refractivity (Wildman–Crippen MR) is 118 cm³/mol. The van der Waals surface area contributed by atoms with Gasteiger partial charge < -0.3 is 15.5 Å². The van der Waals surface area contributed by atoms with E-state index in [1.807, 2.05) is 24.1 Å². The van der Waals surface area contributed by atoms with Gasteiger partial charge in [-0.15, -0.1) is 12.4 Å². The molecule has 0 bridgehead atoms. The molecule has 7 heteroatoms. The molecule has 0 saturated carbocycles.